The van der Waals surface area contributed by atoms with Gasteiger partial charge in [-0.05, 0) is 57.7 Å². The van der Waals surface area contributed by atoms with Crippen LogP contribution < -0.4 is 10.6 Å². The molecule has 1 fully saturated rings. The number of carbonyl (C=O) groups excluding carboxylic acids is 3. The van der Waals surface area contributed by atoms with Gasteiger partial charge in [0.2, 0.25) is 11.8 Å². The summed E-state index contributed by atoms with van der Waals surface area (Å²) in [6.07, 6.45) is 8.21. The number of amides is 3. The van der Waals surface area contributed by atoms with Crippen LogP contribution in [0.25, 0.3) is 0 Å². The van der Waals surface area contributed by atoms with Gasteiger partial charge in [-0.1, -0.05) is 57.6 Å². The van der Waals surface area contributed by atoms with E-state index in [1.807, 2.05) is 0 Å². The third-order valence-corrected chi connectivity index (χ3v) is 6.05. The molecule has 196 valence electrons. The van der Waals surface area contributed by atoms with E-state index < -0.39 is 17.7 Å². The first-order chi connectivity index (χ1) is 16.6. The highest BCUT2D eigenvalue weighted by Crippen LogP contribution is 2.27. The van der Waals surface area contributed by atoms with Gasteiger partial charge in [-0.15, -0.1) is 0 Å². The number of nitrogens with zero attached hydrogens (tertiary/aromatic N) is 1. The summed E-state index contributed by atoms with van der Waals surface area (Å²) in [5, 5.41) is 15.8. The van der Waals surface area contributed by atoms with E-state index in [1.54, 1.807) is 32.9 Å². The number of alkyl carbamates (subject to hydrolysis) is 1. The van der Waals surface area contributed by atoms with Gasteiger partial charge in [-0.2, -0.15) is 0 Å². The van der Waals surface area contributed by atoms with Gasteiger partial charge in [-0.3, -0.25) is 9.59 Å². The van der Waals surface area contributed by atoms with Crippen molar-refractivity contribution >= 4 is 17.9 Å². The number of hydrogen-bond donors (Lipinski definition) is 3. The van der Waals surface area contributed by atoms with E-state index in [-0.39, 0.29) is 30.2 Å². The molecule has 0 bridgehead atoms. The second kappa shape index (κ2) is 14.0. The van der Waals surface area contributed by atoms with Crippen molar-refractivity contribution in [2.75, 3.05) is 13.1 Å². The quantitative estimate of drug-likeness (QED) is 0.386. The highest BCUT2D eigenvalue weighted by molar-refractivity contribution is 5.90. The van der Waals surface area contributed by atoms with Crippen LogP contribution in [0.15, 0.2) is 24.3 Å². The van der Waals surface area contributed by atoms with E-state index in [9.17, 15) is 19.5 Å². The number of rotatable bonds is 11. The maximum atomic E-state index is 13.6. The summed E-state index contributed by atoms with van der Waals surface area (Å²) in [5.74, 6) is -0.605. The molecule has 1 aliphatic rings. The lowest BCUT2D eigenvalue weighted by Gasteiger charge is -2.33. The number of phenolic OH excluding ortho intramolecular Hbond substituents is 1. The average molecular weight is 490 g/mol. The van der Waals surface area contributed by atoms with E-state index in [2.05, 4.69) is 17.6 Å². The third-order valence-electron chi connectivity index (χ3n) is 6.05. The Morgan fingerprint density at radius 3 is 2.46 bits per heavy atom. The van der Waals surface area contributed by atoms with Crippen LogP contribution in [0, 0.1) is 0 Å². The van der Waals surface area contributed by atoms with Crippen molar-refractivity contribution in [1.29, 1.82) is 0 Å². The summed E-state index contributed by atoms with van der Waals surface area (Å²) in [4.78, 5) is 40.6. The van der Waals surface area contributed by atoms with Gasteiger partial charge in [0.25, 0.3) is 0 Å². The van der Waals surface area contributed by atoms with Crippen LogP contribution in [-0.4, -0.2) is 52.6 Å². The monoisotopic (exact) mass is 489 g/mol. The summed E-state index contributed by atoms with van der Waals surface area (Å²) >= 11 is 0. The SMILES string of the molecule is CCCCCCN(C(=O)CNC(=O)OC(C)(C)C)C(C(=O)NC1CCCCC1)c1cccc(O)c1. The van der Waals surface area contributed by atoms with E-state index in [1.165, 1.54) is 23.5 Å². The Labute approximate surface area is 209 Å². The summed E-state index contributed by atoms with van der Waals surface area (Å²) in [5.41, 5.74) is -0.142. The predicted octanol–water partition coefficient (Wildman–Crippen LogP) is 4.82. The Bertz CT molecular complexity index is 830. The summed E-state index contributed by atoms with van der Waals surface area (Å²) in [7, 11) is 0. The number of aromatic hydroxyl groups is 1. The third kappa shape index (κ3) is 10.2. The number of unbranched alkanes of at least 4 members (excludes halogenated alkanes) is 3. The number of carbonyl (C=O) groups is 3. The first-order valence-electron chi connectivity index (χ1n) is 13.0. The average Bonchev–Trinajstić information content (AvgIpc) is 2.79. The van der Waals surface area contributed by atoms with Crippen molar-refractivity contribution in [2.24, 2.45) is 0 Å². The molecule has 1 unspecified atom stereocenters. The van der Waals surface area contributed by atoms with Crippen LogP contribution in [0.3, 0.4) is 0 Å². The maximum absolute atomic E-state index is 13.6. The number of phenols is 1. The van der Waals surface area contributed by atoms with Crippen molar-refractivity contribution in [3.05, 3.63) is 29.8 Å². The predicted molar refractivity (Wildman–Crippen MR) is 136 cm³/mol. The number of ether oxygens (including phenoxy) is 1. The fourth-order valence-electron chi connectivity index (χ4n) is 4.37. The second-order valence-electron chi connectivity index (χ2n) is 10.3. The van der Waals surface area contributed by atoms with Gasteiger partial charge in [0.05, 0.1) is 0 Å². The highest BCUT2D eigenvalue weighted by Gasteiger charge is 2.33. The van der Waals surface area contributed by atoms with Crippen molar-refractivity contribution in [3.8, 4) is 5.75 Å². The molecule has 8 heteroatoms. The first-order valence-corrected chi connectivity index (χ1v) is 13.0. The molecular weight excluding hydrogens is 446 g/mol. The molecule has 1 aromatic rings. The number of hydrogen-bond acceptors (Lipinski definition) is 5. The normalized spacial score (nSPS) is 15.2. The molecule has 0 spiro atoms. The lowest BCUT2D eigenvalue weighted by atomic mass is 9.94. The largest absolute Gasteiger partial charge is 0.508 e. The zero-order valence-corrected chi connectivity index (χ0v) is 21.8. The van der Waals surface area contributed by atoms with Gasteiger partial charge in [0, 0.05) is 12.6 Å². The Hall–Kier alpha value is -2.77. The van der Waals surface area contributed by atoms with Gasteiger partial charge < -0.3 is 25.4 Å². The van der Waals surface area contributed by atoms with Crippen LogP contribution in [0.4, 0.5) is 4.79 Å². The summed E-state index contributed by atoms with van der Waals surface area (Å²) in [6.45, 7) is 7.45. The second-order valence-corrected chi connectivity index (χ2v) is 10.3. The van der Waals surface area contributed by atoms with Crippen LogP contribution in [0.2, 0.25) is 0 Å². The topological polar surface area (TPSA) is 108 Å². The number of benzene rings is 1. The molecule has 1 aliphatic carbocycles. The van der Waals surface area contributed by atoms with Gasteiger partial charge in [0.1, 0.15) is 23.9 Å². The molecule has 3 amide bonds. The molecule has 3 N–H and O–H groups in total. The molecular formula is C27H43N3O5. The van der Waals surface area contributed by atoms with Gasteiger partial charge >= 0.3 is 6.09 Å². The van der Waals surface area contributed by atoms with Gasteiger partial charge in [0.15, 0.2) is 0 Å². The Balaban J connectivity index is 2.27. The summed E-state index contributed by atoms with van der Waals surface area (Å²) in [6, 6.07) is 5.66. The maximum Gasteiger partial charge on any atom is 0.408 e. The molecule has 1 aromatic carbocycles. The Kier molecular flexibility index (Phi) is 11.3. The van der Waals surface area contributed by atoms with Gasteiger partial charge in [-0.25, -0.2) is 4.79 Å². The molecule has 1 atom stereocenters. The van der Waals surface area contributed by atoms with E-state index in [4.69, 9.17) is 4.74 Å². The molecule has 0 radical (unpaired) electrons. The lowest BCUT2D eigenvalue weighted by Crippen LogP contribution is -2.50. The molecule has 35 heavy (non-hydrogen) atoms. The van der Waals surface area contributed by atoms with Crippen molar-refractivity contribution < 1.29 is 24.2 Å². The molecule has 0 aromatic heterocycles. The molecule has 0 heterocycles. The van der Waals surface area contributed by atoms with Crippen LogP contribution >= 0.6 is 0 Å². The highest BCUT2D eigenvalue weighted by atomic mass is 16.6. The summed E-state index contributed by atoms with van der Waals surface area (Å²) < 4.78 is 5.26. The molecule has 2 rings (SSSR count). The standard InChI is InChI=1S/C27H43N3O5/c1-5-6-7-11-17-30(23(32)19-28-26(34)35-27(2,3)4)24(20-13-12-16-22(31)18-20)25(33)29-21-14-9-8-10-15-21/h12-13,16,18,21,24,31H,5-11,14-15,17,19H2,1-4H3,(H,28,34)(H,29,33). The first kappa shape index (κ1) is 28.5. The van der Waals surface area contributed by atoms with E-state index >= 15 is 0 Å². The molecule has 0 saturated heterocycles. The van der Waals surface area contributed by atoms with E-state index in [0.717, 1.165) is 51.4 Å². The van der Waals surface area contributed by atoms with Crippen molar-refractivity contribution in [2.45, 2.75) is 103 Å². The Morgan fingerprint density at radius 2 is 1.83 bits per heavy atom. The molecule has 1 saturated carbocycles. The minimum absolute atomic E-state index is 0.0308. The van der Waals surface area contributed by atoms with E-state index in [0.29, 0.717) is 12.1 Å². The molecule has 8 nitrogen and oxygen atoms in total. The smallest absolute Gasteiger partial charge is 0.408 e. The number of nitrogens with one attached hydrogen (secondary N) is 2. The minimum Gasteiger partial charge on any atom is -0.508 e. The fraction of sp³-hybridized carbons (Fsp3) is 0.667. The van der Waals surface area contributed by atoms with Crippen molar-refractivity contribution in [3.63, 3.8) is 0 Å². The fourth-order valence-corrected chi connectivity index (χ4v) is 4.37. The Morgan fingerprint density at radius 1 is 1.11 bits per heavy atom. The van der Waals surface area contributed by atoms with Crippen LogP contribution in [0.5, 0.6) is 5.75 Å². The zero-order chi connectivity index (χ0) is 25.8. The lowest BCUT2D eigenvalue weighted by molar-refractivity contribution is -0.140. The minimum atomic E-state index is -0.904. The zero-order valence-electron chi connectivity index (χ0n) is 21.8. The van der Waals surface area contributed by atoms with Crippen LogP contribution in [0.1, 0.15) is 97.1 Å². The molecule has 0 aliphatic heterocycles. The van der Waals surface area contributed by atoms with Crippen LogP contribution in [-0.2, 0) is 14.3 Å². The van der Waals surface area contributed by atoms with Crippen molar-refractivity contribution in [1.82, 2.24) is 15.5 Å².